The molecule has 2 rings (SSSR count). The molecule has 0 radical (unpaired) electrons. The number of halogens is 1. The first-order chi connectivity index (χ1) is 11.1. The molecule has 2 nitrogen and oxygen atoms in total. The fourth-order valence-corrected chi connectivity index (χ4v) is 2.59. The molecule has 2 aromatic rings. The maximum Gasteiger partial charge on any atom is 0.0930 e. The van der Waals surface area contributed by atoms with Gasteiger partial charge in [-0.15, -0.1) is 5.73 Å². The van der Waals surface area contributed by atoms with Crippen LogP contribution >= 0.6 is 15.9 Å². The van der Waals surface area contributed by atoms with Gasteiger partial charge in [0.05, 0.1) is 11.4 Å². The number of rotatable bonds is 5. The molecule has 23 heavy (non-hydrogen) atoms. The van der Waals surface area contributed by atoms with Crippen LogP contribution in [-0.4, -0.2) is 4.98 Å². The van der Waals surface area contributed by atoms with Gasteiger partial charge in [-0.05, 0) is 43.7 Å². The Morgan fingerprint density at radius 3 is 2.87 bits per heavy atom. The van der Waals surface area contributed by atoms with Crippen LogP contribution in [0.1, 0.15) is 29.3 Å². The minimum Gasteiger partial charge on any atom is -0.354 e. The number of benzene rings is 1. The number of nitrogens with one attached hydrogen (secondary N) is 1. The zero-order chi connectivity index (χ0) is 16.8. The summed E-state index contributed by atoms with van der Waals surface area (Å²) < 4.78 is 1.06. The van der Waals surface area contributed by atoms with Crippen LogP contribution in [0.2, 0.25) is 0 Å². The molecule has 0 atom stereocenters. The van der Waals surface area contributed by atoms with Crippen LogP contribution in [0.25, 0.3) is 17.8 Å². The summed E-state index contributed by atoms with van der Waals surface area (Å²) in [4.78, 5) is 4.54. The molecule has 0 unspecified atom stereocenters. The second-order valence-electron chi connectivity index (χ2n) is 5.07. The zero-order valence-electron chi connectivity index (χ0n) is 13.4. The zero-order valence-corrected chi connectivity index (χ0v) is 14.9. The van der Waals surface area contributed by atoms with Gasteiger partial charge in [-0.25, -0.2) is 0 Å². The third-order valence-corrected chi connectivity index (χ3v) is 4.25. The van der Waals surface area contributed by atoms with E-state index in [4.69, 9.17) is 0 Å². The van der Waals surface area contributed by atoms with Crippen molar-refractivity contribution >= 4 is 39.5 Å². The van der Waals surface area contributed by atoms with E-state index in [1.54, 1.807) is 12.3 Å². The number of nitrogens with zero attached hydrogens (tertiary/aromatic N) is 1. The first kappa shape index (κ1) is 17.0. The fourth-order valence-electron chi connectivity index (χ4n) is 2.22. The molecule has 1 N–H and O–H groups in total. The topological polar surface area (TPSA) is 24.9 Å². The smallest absolute Gasteiger partial charge is 0.0930 e. The van der Waals surface area contributed by atoms with Crippen molar-refractivity contribution in [3.63, 3.8) is 0 Å². The summed E-state index contributed by atoms with van der Waals surface area (Å²) in [5, 5.41) is 3.36. The molecule has 3 heteroatoms. The summed E-state index contributed by atoms with van der Waals surface area (Å²) in [6.07, 6.45) is 7.60. The van der Waals surface area contributed by atoms with Crippen molar-refractivity contribution < 1.29 is 0 Å². The molecule has 116 valence electrons. The van der Waals surface area contributed by atoms with Crippen LogP contribution in [0.15, 0.2) is 59.9 Å². The molecule has 1 heterocycles. The summed E-state index contributed by atoms with van der Waals surface area (Å²) in [5.41, 5.74) is 8.46. The van der Waals surface area contributed by atoms with Crippen molar-refractivity contribution in [1.82, 2.24) is 4.98 Å². The van der Waals surface area contributed by atoms with E-state index in [0.717, 1.165) is 38.2 Å². The lowest BCUT2D eigenvalue weighted by Gasteiger charge is -2.14. The molecule has 0 amide bonds. The van der Waals surface area contributed by atoms with Crippen LogP contribution in [0.5, 0.6) is 0 Å². The quantitative estimate of drug-likeness (QED) is 0.649. The molecule has 0 aliphatic carbocycles. The Hall–Kier alpha value is -2.35. The Morgan fingerprint density at radius 1 is 1.39 bits per heavy atom. The van der Waals surface area contributed by atoms with E-state index in [0.29, 0.717) is 0 Å². The van der Waals surface area contributed by atoms with Crippen molar-refractivity contribution in [3.8, 4) is 0 Å². The van der Waals surface area contributed by atoms with Crippen LogP contribution in [0.4, 0.5) is 5.69 Å². The van der Waals surface area contributed by atoms with Crippen LogP contribution in [0.3, 0.4) is 0 Å². The summed E-state index contributed by atoms with van der Waals surface area (Å²) in [5.74, 6) is 0. The van der Waals surface area contributed by atoms with E-state index >= 15 is 0 Å². The highest BCUT2D eigenvalue weighted by molar-refractivity contribution is 9.10. The molecule has 0 aliphatic heterocycles. The Bertz CT molecular complexity index is 812. The standard InChI is InChI=1S/C20H19BrN2/c1-5-8-16-12-17(9-6-2)20(22-13-16)15(4)23-19-11-7-10-18(21)14(19)3/h6-13,23H,1,4H2,2-3H3/b9-6-. The number of hydrogen-bond acceptors (Lipinski definition) is 2. The van der Waals surface area contributed by atoms with Gasteiger partial charge >= 0.3 is 0 Å². The van der Waals surface area contributed by atoms with Crippen LogP contribution < -0.4 is 5.32 Å². The first-order valence-corrected chi connectivity index (χ1v) is 8.06. The van der Waals surface area contributed by atoms with E-state index < -0.39 is 0 Å². The Labute approximate surface area is 146 Å². The lowest BCUT2D eigenvalue weighted by atomic mass is 10.1. The molecule has 0 saturated carbocycles. The van der Waals surface area contributed by atoms with Gasteiger partial charge < -0.3 is 5.32 Å². The highest BCUT2D eigenvalue weighted by atomic mass is 79.9. The predicted molar refractivity (Wildman–Crippen MR) is 104 cm³/mol. The monoisotopic (exact) mass is 366 g/mol. The van der Waals surface area contributed by atoms with Gasteiger partial charge in [0, 0.05) is 27.5 Å². The first-order valence-electron chi connectivity index (χ1n) is 7.26. The predicted octanol–water partition coefficient (Wildman–Crippen LogP) is 6.07. The Balaban J connectivity index is 2.38. The number of anilines is 1. The maximum atomic E-state index is 4.54. The molecular formula is C20H19BrN2. The van der Waals surface area contributed by atoms with E-state index in [9.17, 15) is 0 Å². The van der Waals surface area contributed by atoms with Gasteiger partial charge in [-0.1, -0.05) is 47.3 Å². The molecule has 1 aromatic heterocycles. The third-order valence-electron chi connectivity index (χ3n) is 3.39. The molecule has 0 fully saturated rings. The largest absolute Gasteiger partial charge is 0.354 e. The summed E-state index contributed by atoms with van der Waals surface area (Å²) in [6.45, 7) is 11.8. The highest BCUT2D eigenvalue weighted by Crippen LogP contribution is 2.27. The average molecular weight is 367 g/mol. The lowest BCUT2D eigenvalue weighted by Crippen LogP contribution is -2.03. The third kappa shape index (κ3) is 4.10. The summed E-state index contributed by atoms with van der Waals surface area (Å²) in [7, 11) is 0. The second-order valence-corrected chi connectivity index (χ2v) is 5.93. The Morgan fingerprint density at radius 2 is 2.17 bits per heavy atom. The summed E-state index contributed by atoms with van der Waals surface area (Å²) in [6, 6.07) is 8.07. The molecule has 1 aromatic carbocycles. The van der Waals surface area contributed by atoms with Gasteiger partial charge in [0.15, 0.2) is 0 Å². The van der Waals surface area contributed by atoms with Gasteiger partial charge in [0.1, 0.15) is 0 Å². The molecular weight excluding hydrogens is 348 g/mol. The number of hydrogen-bond donors (Lipinski definition) is 1. The number of aromatic nitrogens is 1. The highest BCUT2D eigenvalue weighted by Gasteiger charge is 2.09. The molecule has 0 bridgehead atoms. The Kier molecular flexibility index (Phi) is 5.75. The SMILES string of the molecule is C=C=Cc1cnc(C(=C)Nc2cccc(Br)c2C)c(/C=C\C)c1. The molecule has 0 aliphatic rings. The van der Waals surface area contributed by atoms with E-state index in [-0.39, 0.29) is 0 Å². The minimum atomic E-state index is 0.758. The van der Waals surface area contributed by atoms with Crippen molar-refractivity contribution in [2.24, 2.45) is 0 Å². The van der Waals surface area contributed by atoms with E-state index in [1.807, 2.05) is 43.3 Å². The second kappa shape index (κ2) is 7.77. The number of pyridine rings is 1. The van der Waals surface area contributed by atoms with Crippen molar-refractivity contribution in [3.05, 3.63) is 82.3 Å². The van der Waals surface area contributed by atoms with E-state index in [2.05, 4.69) is 52.0 Å². The van der Waals surface area contributed by atoms with E-state index in [1.165, 1.54) is 0 Å². The van der Waals surface area contributed by atoms with Crippen molar-refractivity contribution in [1.29, 1.82) is 0 Å². The number of allylic oxidation sites excluding steroid dienone is 1. The average Bonchev–Trinajstić information content (AvgIpc) is 2.53. The van der Waals surface area contributed by atoms with Crippen LogP contribution in [-0.2, 0) is 0 Å². The van der Waals surface area contributed by atoms with Crippen molar-refractivity contribution in [2.45, 2.75) is 13.8 Å². The fraction of sp³-hybridized carbons (Fsp3) is 0.100. The van der Waals surface area contributed by atoms with Gasteiger partial charge in [0.25, 0.3) is 0 Å². The van der Waals surface area contributed by atoms with Gasteiger partial charge in [-0.2, -0.15) is 0 Å². The lowest BCUT2D eigenvalue weighted by molar-refractivity contribution is 1.24. The normalized spacial score (nSPS) is 10.4. The molecule has 0 saturated heterocycles. The van der Waals surface area contributed by atoms with Gasteiger partial charge in [0.2, 0.25) is 0 Å². The molecule has 0 spiro atoms. The maximum absolute atomic E-state index is 4.54. The van der Waals surface area contributed by atoms with Gasteiger partial charge in [-0.3, -0.25) is 4.98 Å². The van der Waals surface area contributed by atoms with Crippen molar-refractivity contribution in [2.75, 3.05) is 5.32 Å². The van der Waals surface area contributed by atoms with Crippen LogP contribution in [0, 0.1) is 6.92 Å². The minimum absolute atomic E-state index is 0.758. The summed E-state index contributed by atoms with van der Waals surface area (Å²) >= 11 is 3.54.